The molecule has 0 amide bonds. The minimum atomic E-state index is 0.328. The van der Waals surface area contributed by atoms with Gasteiger partial charge in [-0.15, -0.1) is 0 Å². The third-order valence-corrected chi connectivity index (χ3v) is 6.53. The van der Waals surface area contributed by atoms with E-state index in [2.05, 4.69) is 19.9 Å². The zero-order valence-electron chi connectivity index (χ0n) is 13.8. The van der Waals surface area contributed by atoms with Gasteiger partial charge >= 0.3 is 0 Å². The number of piperidine rings is 1. The third kappa shape index (κ3) is 3.54. The molecule has 4 heterocycles. The average Bonchev–Trinajstić information content (AvgIpc) is 3.09. The van der Waals surface area contributed by atoms with E-state index in [1.807, 2.05) is 12.3 Å². The maximum Gasteiger partial charge on any atom is 0.147 e. The number of nitrogens with two attached hydrogens (primary N) is 1. The van der Waals surface area contributed by atoms with E-state index in [1.165, 1.54) is 18.2 Å². The van der Waals surface area contributed by atoms with Crippen molar-refractivity contribution in [1.82, 2.24) is 15.0 Å². The molecular weight excluding hydrogens is 358 g/mol. The summed E-state index contributed by atoms with van der Waals surface area (Å²) in [6, 6.07) is 1.83. The van der Waals surface area contributed by atoms with E-state index in [9.17, 15) is 0 Å². The zero-order valence-corrected chi connectivity index (χ0v) is 15.4. The van der Waals surface area contributed by atoms with Gasteiger partial charge in [0.15, 0.2) is 0 Å². The number of nitrogen functional groups attached to an aromatic ring is 1. The van der Waals surface area contributed by atoms with Crippen molar-refractivity contribution < 1.29 is 4.74 Å². The SMILES string of the molecule is Nc1nccc(Sc2cnc(N3CCC4(CCOC4)CC3)cn2)c1Cl. The van der Waals surface area contributed by atoms with Crippen LogP contribution < -0.4 is 10.6 Å². The fourth-order valence-electron chi connectivity index (χ4n) is 3.41. The second-order valence-electron chi connectivity index (χ2n) is 6.61. The van der Waals surface area contributed by atoms with Gasteiger partial charge in [0.2, 0.25) is 0 Å². The van der Waals surface area contributed by atoms with Gasteiger partial charge in [0.1, 0.15) is 16.7 Å². The predicted molar refractivity (Wildman–Crippen MR) is 99.1 cm³/mol. The molecule has 2 aliphatic rings. The summed E-state index contributed by atoms with van der Waals surface area (Å²) in [7, 11) is 0. The van der Waals surface area contributed by atoms with Crippen LogP contribution in [0.15, 0.2) is 34.6 Å². The molecule has 0 bridgehead atoms. The number of hydrogen-bond donors (Lipinski definition) is 1. The van der Waals surface area contributed by atoms with E-state index in [1.54, 1.807) is 12.4 Å². The van der Waals surface area contributed by atoms with Crippen molar-refractivity contribution in [2.45, 2.75) is 29.2 Å². The summed E-state index contributed by atoms with van der Waals surface area (Å²) in [5.74, 6) is 1.26. The minimum absolute atomic E-state index is 0.328. The lowest BCUT2D eigenvalue weighted by Crippen LogP contribution is -2.40. The second kappa shape index (κ2) is 6.97. The van der Waals surface area contributed by atoms with Crippen molar-refractivity contribution in [1.29, 1.82) is 0 Å². The topological polar surface area (TPSA) is 77.2 Å². The first-order valence-electron chi connectivity index (χ1n) is 8.38. The van der Waals surface area contributed by atoms with Gasteiger partial charge in [0.05, 0.1) is 24.0 Å². The molecule has 2 saturated heterocycles. The van der Waals surface area contributed by atoms with Gasteiger partial charge in [-0.25, -0.2) is 15.0 Å². The Hall–Kier alpha value is -1.57. The molecule has 0 unspecified atom stereocenters. The first kappa shape index (κ1) is 16.9. The highest BCUT2D eigenvalue weighted by Gasteiger charge is 2.38. The Morgan fingerprint density at radius 1 is 1.16 bits per heavy atom. The molecule has 0 aliphatic carbocycles. The molecule has 2 aromatic heterocycles. The van der Waals surface area contributed by atoms with E-state index >= 15 is 0 Å². The van der Waals surface area contributed by atoms with Crippen LogP contribution in [-0.4, -0.2) is 41.3 Å². The Balaban J connectivity index is 1.41. The van der Waals surface area contributed by atoms with Crippen molar-refractivity contribution in [3.8, 4) is 0 Å². The van der Waals surface area contributed by atoms with E-state index in [0.717, 1.165) is 54.9 Å². The van der Waals surface area contributed by atoms with Crippen LogP contribution in [0.2, 0.25) is 5.02 Å². The zero-order chi connectivity index (χ0) is 17.3. The van der Waals surface area contributed by atoms with Gasteiger partial charge in [-0.1, -0.05) is 23.4 Å². The van der Waals surface area contributed by atoms with Crippen LogP contribution in [0, 0.1) is 5.41 Å². The highest BCUT2D eigenvalue weighted by molar-refractivity contribution is 7.99. The number of nitrogens with zero attached hydrogens (tertiary/aromatic N) is 4. The molecule has 4 rings (SSSR count). The monoisotopic (exact) mass is 377 g/mol. The molecule has 0 atom stereocenters. The molecular formula is C17H20ClN5OS. The lowest BCUT2D eigenvalue weighted by Gasteiger charge is -2.38. The highest BCUT2D eigenvalue weighted by atomic mass is 35.5. The van der Waals surface area contributed by atoms with Crippen LogP contribution in [0.5, 0.6) is 0 Å². The molecule has 2 fully saturated rings. The van der Waals surface area contributed by atoms with E-state index < -0.39 is 0 Å². The number of ether oxygens (including phenoxy) is 1. The first-order valence-corrected chi connectivity index (χ1v) is 9.57. The molecule has 132 valence electrons. The Morgan fingerprint density at radius 2 is 2.00 bits per heavy atom. The van der Waals surface area contributed by atoms with Crippen molar-refractivity contribution >= 4 is 35.0 Å². The van der Waals surface area contributed by atoms with Crippen LogP contribution in [0.4, 0.5) is 11.6 Å². The fraction of sp³-hybridized carbons (Fsp3) is 0.471. The standard InChI is InChI=1S/C17H20ClN5OS/c18-15-12(1-5-20-16(15)19)25-14-10-21-13(9-22-14)23-6-2-17(3-7-23)4-8-24-11-17/h1,5,9-10H,2-4,6-8,11H2,(H2,19,20). The quantitative estimate of drug-likeness (QED) is 0.879. The maximum absolute atomic E-state index is 6.18. The van der Waals surface area contributed by atoms with Crippen molar-refractivity contribution in [2.75, 3.05) is 36.9 Å². The smallest absolute Gasteiger partial charge is 0.147 e. The molecule has 2 N–H and O–H groups in total. The maximum atomic E-state index is 6.18. The summed E-state index contributed by atoms with van der Waals surface area (Å²) < 4.78 is 5.60. The molecule has 6 nitrogen and oxygen atoms in total. The molecule has 0 saturated carbocycles. The normalized spacial score (nSPS) is 19.5. The Kier molecular flexibility index (Phi) is 4.71. The summed E-state index contributed by atoms with van der Waals surface area (Å²) >= 11 is 7.62. The van der Waals surface area contributed by atoms with Gasteiger partial charge in [0.25, 0.3) is 0 Å². The lowest BCUT2D eigenvalue weighted by atomic mass is 9.78. The lowest BCUT2D eigenvalue weighted by molar-refractivity contribution is 0.133. The summed E-state index contributed by atoms with van der Waals surface area (Å²) in [5, 5.41) is 1.24. The largest absolute Gasteiger partial charge is 0.382 e. The van der Waals surface area contributed by atoms with Crippen LogP contribution >= 0.6 is 23.4 Å². The molecule has 2 aliphatic heterocycles. The van der Waals surface area contributed by atoms with Crippen molar-refractivity contribution in [3.05, 3.63) is 29.7 Å². The highest BCUT2D eigenvalue weighted by Crippen LogP contribution is 2.40. The molecule has 8 heteroatoms. The molecule has 0 aromatic carbocycles. The Labute approximate surface area is 156 Å². The molecule has 2 aromatic rings. The number of anilines is 2. The number of halogens is 1. The Morgan fingerprint density at radius 3 is 2.68 bits per heavy atom. The average molecular weight is 378 g/mol. The van der Waals surface area contributed by atoms with Gasteiger partial charge in [-0.2, -0.15) is 0 Å². The number of hydrogen-bond acceptors (Lipinski definition) is 7. The summed E-state index contributed by atoms with van der Waals surface area (Å²) in [5.41, 5.74) is 6.14. The Bertz CT molecular complexity index is 741. The fourth-order valence-corrected chi connectivity index (χ4v) is 4.40. The second-order valence-corrected chi connectivity index (χ2v) is 8.05. The van der Waals surface area contributed by atoms with Crippen molar-refractivity contribution in [3.63, 3.8) is 0 Å². The number of aromatic nitrogens is 3. The number of rotatable bonds is 3. The summed E-state index contributed by atoms with van der Waals surface area (Å²) in [6.45, 7) is 3.85. The van der Waals surface area contributed by atoms with E-state index in [0.29, 0.717) is 16.3 Å². The van der Waals surface area contributed by atoms with Crippen LogP contribution in [0.3, 0.4) is 0 Å². The molecule has 0 radical (unpaired) electrons. The molecule has 1 spiro atoms. The van der Waals surface area contributed by atoms with Crippen LogP contribution in [0.25, 0.3) is 0 Å². The van der Waals surface area contributed by atoms with Gasteiger partial charge in [-0.3, -0.25) is 0 Å². The predicted octanol–water partition coefficient (Wildman–Crippen LogP) is 3.27. The van der Waals surface area contributed by atoms with Gasteiger partial charge in [-0.05, 0) is 30.7 Å². The van der Waals surface area contributed by atoms with E-state index in [-0.39, 0.29) is 0 Å². The molecule has 25 heavy (non-hydrogen) atoms. The third-order valence-electron chi connectivity index (χ3n) is 5.04. The van der Waals surface area contributed by atoms with Crippen LogP contribution in [-0.2, 0) is 4.74 Å². The van der Waals surface area contributed by atoms with Crippen molar-refractivity contribution in [2.24, 2.45) is 5.41 Å². The van der Waals surface area contributed by atoms with Gasteiger partial charge in [0, 0.05) is 30.8 Å². The van der Waals surface area contributed by atoms with Gasteiger partial charge < -0.3 is 15.4 Å². The summed E-state index contributed by atoms with van der Waals surface area (Å²) in [4.78, 5) is 16.2. The first-order chi connectivity index (χ1) is 12.2. The summed E-state index contributed by atoms with van der Waals surface area (Å²) in [6.07, 6.45) is 8.79. The number of pyridine rings is 1. The van der Waals surface area contributed by atoms with E-state index in [4.69, 9.17) is 22.1 Å². The van der Waals surface area contributed by atoms with Crippen LogP contribution in [0.1, 0.15) is 19.3 Å². The minimum Gasteiger partial charge on any atom is -0.382 e.